The molecule has 0 saturated carbocycles. The van der Waals surface area contributed by atoms with Crippen molar-refractivity contribution in [3.8, 4) is 0 Å². The number of aromatic nitrogens is 2. The Hall–Kier alpha value is -1.84. The van der Waals surface area contributed by atoms with Crippen LogP contribution in [0.2, 0.25) is 0 Å². The van der Waals surface area contributed by atoms with Crippen LogP contribution in [0.4, 0.5) is 0 Å². The Morgan fingerprint density at radius 2 is 1.85 bits per heavy atom. The zero-order valence-electron chi connectivity index (χ0n) is 16.8. The predicted octanol–water partition coefficient (Wildman–Crippen LogP) is 5.10. The Balaban J connectivity index is 1.84. The summed E-state index contributed by atoms with van der Waals surface area (Å²) < 4.78 is 2.42. The third-order valence-electron chi connectivity index (χ3n) is 4.87. The smallest absolute Gasteiger partial charge is 0.222 e. The summed E-state index contributed by atoms with van der Waals surface area (Å²) >= 11 is 0. The normalized spacial score (nSPS) is 11.4. The Morgan fingerprint density at radius 3 is 2.62 bits per heavy atom. The van der Waals surface area contributed by atoms with E-state index in [1.807, 2.05) is 13.8 Å². The third-order valence-corrected chi connectivity index (χ3v) is 4.87. The van der Waals surface area contributed by atoms with E-state index >= 15 is 0 Å². The quantitative estimate of drug-likeness (QED) is 0.537. The van der Waals surface area contributed by atoms with Gasteiger partial charge in [0.1, 0.15) is 5.82 Å². The van der Waals surface area contributed by atoms with Gasteiger partial charge in [0.05, 0.1) is 11.0 Å². The molecule has 0 bridgehead atoms. The molecular formula is C22H35N3O. The molecule has 1 N–H and O–H groups in total. The SMILES string of the molecule is CCCCCCn1c(CCCCCNC(=O)C(C)C)nc2ccccc21. The van der Waals surface area contributed by atoms with Gasteiger partial charge in [-0.15, -0.1) is 0 Å². The number of carbonyl (C=O) groups excluding carboxylic acids is 1. The first-order valence-electron chi connectivity index (χ1n) is 10.3. The average molecular weight is 358 g/mol. The number of nitrogens with zero attached hydrogens (tertiary/aromatic N) is 2. The van der Waals surface area contributed by atoms with Gasteiger partial charge in [0.25, 0.3) is 0 Å². The van der Waals surface area contributed by atoms with Crippen LogP contribution in [0.3, 0.4) is 0 Å². The molecule has 0 spiro atoms. The Morgan fingerprint density at radius 1 is 1.08 bits per heavy atom. The summed E-state index contributed by atoms with van der Waals surface area (Å²) in [5, 5.41) is 2.99. The van der Waals surface area contributed by atoms with Gasteiger partial charge in [-0.1, -0.05) is 58.6 Å². The van der Waals surface area contributed by atoms with E-state index in [1.54, 1.807) is 0 Å². The highest BCUT2D eigenvalue weighted by Gasteiger charge is 2.10. The first kappa shape index (κ1) is 20.5. The van der Waals surface area contributed by atoms with Crippen LogP contribution in [0.15, 0.2) is 24.3 Å². The van der Waals surface area contributed by atoms with Gasteiger partial charge in [0, 0.05) is 25.4 Å². The molecule has 1 heterocycles. The van der Waals surface area contributed by atoms with Gasteiger partial charge >= 0.3 is 0 Å². The molecule has 0 aliphatic heterocycles. The van der Waals surface area contributed by atoms with Crippen molar-refractivity contribution >= 4 is 16.9 Å². The molecule has 4 nitrogen and oxygen atoms in total. The topological polar surface area (TPSA) is 46.9 Å². The summed E-state index contributed by atoms with van der Waals surface area (Å²) in [6.07, 6.45) is 9.39. The number of hydrogen-bond donors (Lipinski definition) is 1. The highest BCUT2D eigenvalue weighted by molar-refractivity contribution is 5.77. The second-order valence-electron chi connectivity index (χ2n) is 7.49. The molecular weight excluding hydrogens is 322 g/mol. The average Bonchev–Trinajstić information content (AvgIpc) is 2.99. The van der Waals surface area contributed by atoms with E-state index in [1.165, 1.54) is 37.0 Å². The van der Waals surface area contributed by atoms with Crippen molar-refractivity contribution < 1.29 is 4.79 Å². The maximum atomic E-state index is 11.6. The minimum atomic E-state index is 0.0719. The number of aryl methyl sites for hydroxylation is 2. The summed E-state index contributed by atoms with van der Waals surface area (Å²) in [6, 6.07) is 8.47. The molecule has 144 valence electrons. The van der Waals surface area contributed by atoms with Crippen molar-refractivity contribution in [3.05, 3.63) is 30.1 Å². The second-order valence-corrected chi connectivity index (χ2v) is 7.49. The number of benzene rings is 1. The standard InChI is InChI=1S/C22H35N3O/c1-4-5-6-12-17-25-20-14-10-9-13-19(20)24-21(25)15-8-7-11-16-23-22(26)18(2)3/h9-10,13-14,18H,4-8,11-12,15-17H2,1-3H3,(H,23,26). The summed E-state index contributed by atoms with van der Waals surface area (Å²) in [4.78, 5) is 16.4. The lowest BCUT2D eigenvalue weighted by Gasteiger charge is -2.10. The van der Waals surface area contributed by atoms with Crippen LogP contribution < -0.4 is 5.32 Å². The Kier molecular flexibility index (Phi) is 8.66. The van der Waals surface area contributed by atoms with Gasteiger partial charge < -0.3 is 9.88 Å². The summed E-state index contributed by atoms with van der Waals surface area (Å²) in [6.45, 7) is 7.97. The lowest BCUT2D eigenvalue weighted by Crippen LogP contribution is -2.28. The van der Waals surface area contributed by atoms with Gasteiger partial charge in [-0.05, 0) is 31.4 Å². The predicted molar refractivity (Wildman–Crippen MR) is 109 cm³/mol. The molecule has 26 heavy (non-hydrogen) atoms. The van der Waals surface area contributed by atoms with E-state index < -0.39 is 0 Å². The molecule has 1 amide bonds. The van der Waals surface area contributed by atoms with Crippen LogP contribution in [-0.2, 0) is 17.8 Å². The van der Waals surface area contributed by atoms with E-state index in [0.717, 1.165) is 44.3 Å². The molecule has 0 unspecified atom stereocenters. The fourth-order valence-electron chi connectivity index (χ4n) is 3.26. The van der Waals surface area contributed by atoms with Gasteiger partial charge in [-0.25, -0.2) is 4.98 Å². The van der Waals surface area contributed by atoms with Gasteiger partial charge in [-0.2, -0.15) is 0 Å². The molecule has 1 aromatic carbocycles. The summed E-state index contributed by atoms with van der Waals surface area (Å²) in [5.74, 6) is 1.44. The van der Waals surface area contributed by atoms with E-state index in [4.69, 9.17) is 4.98 Å². The molecule has 1 aromatic heterocycles. The molecule has 4 heteroatoms. The van der Waals surface area contributed by atoms with Crippen LogP contribution in [0.25, 0.3) is 11.0 Å². The number of fused-ring (bicyclic) bond motifs is 1. The lowest BCUT2D eigenvalue weighted by molar-refractivity contribution is -0.123. The van der Waals surface area contributed by atoms with Crippen molar-refractivity contribution in [2.75, 3.05) is 6.54 Å². The van der Waals surface area contributed by atoms with Crippen LogP contribution in [0, 0.1) is 5.92 Å². The fraction of sp³-hybridized carbons (Fsp3) is 0.636. The number of imidazole rings is 1. The summed E-state index contributed by atoms with van der Waals surface area (Å²) in [7, 11) is 0. The largest absolute Gasteiger partial charge is 0.356 e. The monoisotopic (exact) mass is 357 g/mol. The zero-order chi connectivity index (χ0) is 18.8. The molecule has 2 aromatic rings. The summed E-state index contributed by atoms with van der Waals surface area (Å²) in [5.41, 5.74) is 2.38. The highest BCUT2D eigenvalue weighted by atomic mass is 16.1. The minimum Gasteiger partial charge on any atom is -0.356 e. The number of nitrogens with one attached hydrogen (secondary N) is 1. The lowest BCUT2D eigenvalue weighted by atomic mass is 10.1. The van der Waals surface area contributed by atoms with E-state index in [9.17, 15) is 4.79 Å². The molecule has 2 rings (SSSR count). The van der Waals surface area contributed by atoms with Crippen molar-refractivity contribution in [1.29, 1.82) is 0 Å². The van der Waals surface area contributed by atoms with Crippen molar-refractivity contribution in [2.24, 2.45) is 5.92 Å². The molecule has 0 aliphatic carbocycles. The molecule has 0 aliphatic rings. The number of carbonyl (C=O) groups is 1. The van der Waals surface area contributed by atoms with Crippen LogP contribution in [0.1, 0.15) is 71.5 Å². The molecule has 0 atom stereocenters. The number of hydrogen-bond acceptors (Lipinski definition) is 2. The number of amides is 1. The van der Waals surface area contributed by atoms with Crippen LogP contribution >= 0.6 is 0 Å². The van der Waals surface area contributed by atoms with Crippen molar-refractivity contribution in [2.45, 2.75) is 78.7 Å². The first-order valence-corrected chi connectivity index (χ1v) is 10.3. The number of unbranched alkanes of at least 4 members (excludes halogenated alkanes) is 5. The van der Waals surface area contributed by atoms with Gasteiger partial charge in [0.15, 0.2) is 0 Å². The van der Waals surface area contributed by atoms with E-state index in [-0.39, 0.29) is 11.8 Å². The highest BCUT2D eigenvalue weighted by Crippen LogP contribution is 2.19. The zero-order valence-corrected chi connectivity index (χ0v) is 16.8. The fourth-order valence-corrected chi connectivity index (χ4v) is 3.26. The number of para-hydroxylation sites is 2. The van der Waals surface area contributed by atoms with Crippen molar-refractivity contribution in [1.82, 2.24) is 14.9 Å². The maximum absolute atomic E-state index is 11.6. The van der Waals surface area contributed by atoms with Gasteiger partial charge in [0.2, 0.25) is 5.91 Å². The first-order chi connectivity index (χ1) is 12.6. The maximum Gasteiger partial charge on any atom is 0.222 e. The Labute approximate surface area is 158 Å². The molecule has 0 radical (unpaired) electrons. The Bertz CT molecular complexity index is 675. The van der Waals surface area contributed by atoms with E-state index in [2.05, 4.69) is 41.1 Å². The van der Waals surface area contributed by atoms with Crippen LogP contribution in [0.5, 0.6) is 0 Å². The van der Waals surface area contributed by atoms with Gasteiger partial charge in [-0.3, -0.25) is 4.79 Å². The molecule has 0 saturated heterocycles. The second kappa shape index (κ2) is 11.0. The van der Waals surface area contributed by atoms with Crippen LogP contribution in [-0.4, -0.2) is 22.0 Å². The minimum absolute atomic E-state index is 0.0719. The third kappa shape index (κ3) is 6.15. The number of rotatable bonds is 12. The molecule has 0 fully saturated rings. The van der Waals surface area contributed by atoms with Crippen molar-refractivity contribution in [3.63, 3.8) is 0 Å². The van der Waals surface area contributed by atoms with E-state index in [0.29, 0.717) is 0 Å².